The van der Waals surface area contributed by atoms with E-state index in [1.807, 2.05) is 0 Å². The number of aliphatic hydroxyl groups excluding tert-OH is 6. The van der Waals surface area contributed by atoms with Crippen molar-refractivity contribution in [3.63, 3.8) is 0 Å². The van der Waals surface area contributed by atoms with Crippen LogP contribution >= 0.6 is 0 Å². The van der Waals surface area contributed by atoms with Crippen LogP contribution in [0.25, 0.3) is 0 Å². The van der Waals surface area contributed by atoms with Crippen LogP contribution in [0, 0.1) is 0 Å². The molecule has 0 radical (unpaired) electrons. The van der Waals surface area contributed by atoms with Gasteiger partial charge in [-0.15, -0.1) is 0 Å². The minimum atomic E-state index is -1.50. The van der Waals surface area contributed by atoms with Crippen molar-refractivity contribution in [1.82, 2.24) is 0 Å². The normalized spacial score (nSPS) is 32.5. The molecule has 1 fully saturated rings. The SMILES string of the molecule is OCC(O)Cc1ccc(O[C@@H]2O[C@H](CO)[C@H](O)[C@H](O)[C@H]2O)cc1. The van der Waals surface area contributed by atoms with Crippen molar-refractivity contribution in [3.05, 3.63) is 29.8 Å². The lowest BCUT2D eigenvalue weighted by molar-refractivity contribution is -0.277. The van der Waals surface area contributed by atoms with Gasteiger partial charge in [-0.3, -0.25) is 0 Å². The van der Waals surface area contributed by atoms with E-state index in [9.17, 15) is 20.4 Å². The minimum absolute atomic E-state index is 0.289. The Morgan fingerprint density at radius 1 is 1.00 bits per heavy atom. The molecule has 0 amide bonds. The highest BCUT2D eigenvalue weighted by molar-refractivity contribution is 5.28. The monoisotopic (exact) mass is 330 g/mol. The molecular formula is C15H22O8. The fraction of sp³-hybridized carbons (Fsp3) is 0.600. The Balaban J connectivity index is 2.00. The first-order valence-corrected chi connectivity index (χ1v) is 7.31. The molecule has 1 aliphatic heterocycles. The van der Waals surface area contributed by atoms with Gasteiger partial charge in [0.25, 0.3) is 0 Å². The molecule has 0 aliphatic carbocycles. The summed E-state index contributed by atoms with van der Waals surface area (Å²) < 4.78 is 10.7. The van der Waals surface area contributed by atoms with Crippen LogP contribution in [0.2, 0.25) is 0 Å². The van der Waals surface area contributed by atoms with E-state index in [4.69, 9.17) is 19.7 Å². The third kappa shape index (κ3) is 4.39. The molecule has 0 bridgehead atoms. The third-order valence-corrected chi connectivity index (χ3v) is 3.71. The van der Waals surface area contributed by atoms with E-state index in [1.54, 1.807) is 24.3 Å². The standard InChI is InChI=1S/C15H22O8/c16-6-9(18)5-8-1-3-10(4-2-8)22-15-14(21)13(20)12(19)11(7-17)23-15/h1-4,9,11-21H,5-7H2/t9?,11-,12+,13+,14-,15-/m1/s1. The lowest BCUT2D eigenvalue weighted by atomic mass is 9.99. The number of rotatable bonds is 6. The Morgan fingerprint density at radius 2 is 1.65 bits per heavy atom. The second-order valence-electron chi connectivity index (χ2n) is 5.50. The maximum absolute atomic E-state index is 9.89. The van der Waals surface area contributed by atoms with Gasteiger partial charge >= 0.3 is 0 Å². The van der Waals surface area contributed by atoms with Gasteiger partial charge < -0.3 is 40.1 Å². The summed E-state index contributed by atoms with van der Waals surface area (Å²) in [5.74, 6) is 0.344. The first-order valence-electron chi connectivity index (χ1n) is 7.31. The van der Waals surface area contributed by atoms with Crippen molar-refractivity contribution in [2.45, 2.75) is 43.2 Å². The second-order valence-corrected chi connectivity index (χ2v) is 5.50. The molecular weight excluding hydrogens is 308 g/mol. The summed E-state index contributed by atoms with van der Waals surface area (Å²) in [6.45, 7) is -0.855. The molecule has 1 aliphatic rings. The summed E-state index contributed by atoms with van der Waals surface area (Å²) in [7, 11) is 0. The van der Waals surface area contributed by atoms with E-state index in [-0.39, 0.29) is 13.0 Å². The topological polar surface area (TPSA) is 140 Å². The van der Waals surface area contributed by atoms with E-state index in [1.165, 1.54) is 0 Å². The third-order valence-electron chi connectivity index (χ3n) is 3.71. The molecule has 1 saturated heterocycles. The molecule has 1 aromatic carbocycles. The van der Waals surface area contributed by atoms with E-state index in [2.05, 4.69) is 0 Å². The molecule has 0 spiro atoms. The zero-order chi connectivity index (χ0) is 17.0. The Hall–Kier alpha value is -1.26. The van der Waals surface area contributed by atoms with Crippen molar-refractivity contribution in [3.8, 4) is 5.75 Å². The van der Waals surface area contributed by atoms with Gasteiger partial charge in [-0.1, -0.05) is 12.1 Å². The fourth-order valence-electron chi connectivity index (χ4n) is 2.34. The molecule has 2 rings (SSSR count). The number of hydrogen-bond donors (Lipinski definition) is 6. The zero-order valence-corrected chi connectivity index (χ0v) is 12.4. The first-order chi connectivity index (χ1) is 11.0. The van der Waals surface area contributed by atoms with Crippen molar-refractivity contribution >= 4 is 0 Å². The number of hydrogen-bond acceptors (Lipinski definition) is 8. The Morgan fingerprint density at radius 3 is 2.22 bits per heavy atom. The van der Waals surface area contributed by atoms with Crippen molar-refractivity contribution in [2.75, 3.05) is 13.2 Å². The highest BCUT2D eigenvalue weighted by Gasteiger charge is 2.44. The maximum Gasteiger partial charge on any atom is 0.229 e. The van der Waals surface area contributed by atoms with Crippen molar-refractivity contribution in [2.24, 2.45) is 0 Å². The average molecular weight is 330 g/mol. The summed E-state index contributed by atoms with van der Waals surface area (Å²) in [6, 6.07) is 6.53. The van der Waals surface area contributed by atoms with Crippen LogP contribution in [0.15, 0.2) is 24.3 Å². The maximum atomic E-state index is 9.89. The molecule has 6 atom stereocenters. The summed E-state index contributed by atoms with van der Waals surface area (Å²) in [5, 5.41) is 56.6. The van der Waals surface area contributed by atoms with Crippen LogP contribution in [0.5, 0.6) is 5.75 Å². The molecule has 0 saturated carbocycles. The Kier molecular flexibility index (Phi) is 6.31. The molecule has 8 nitrogen and oxygen atoms in total. The van der Waals surface area contributed by atoms with Crippen LogP contribution in [0.4, 0.5) is 0 Å². The predicted octanol–water partition coefficient (Wildman–Crippen LogP) is -2.24. The van der Waals surface area contributed by atoms with E-state index >= 15 is 0 Å². The fourth-order valence-corrected chi connectivity index (χ4v) is 2.34. The Labute approximate surface area is 133 Å². The zero-order valence-electron chi connectivity index (χ0n) is 12.4. The Bertz CT molecular complexity index is 477. The van der Waals surface area contributed by atoms with Gasteiger partial charge in [-0.2, -0.15) is 0 Å². The van der Waals surface area contributed by atoms with Gasteiger partial charge in [0.1, 0.15) is 30.2 Å². The smallest absolute Gasteiger partial charge is 0.229 e. The van der Waals surface area contributed by atoms with Crippen LogP contribution < -0.4 is 4.74 Å². The highest BCUT2D eigenvalue weighted by Crippen LogP contribution is 2.24. The number of ether oxygens (including phenoxy) is 2. The average Bonchev–Trinajstić information content (AvgIpc) is 2.56. The lowest BCUT2D eigenvalue weighted by Crippen LogP contribution is -2.60. The van der Waals surface area contributed by atoms with Gasteiger partial charge in [-0.05, 0) is 17.7 Å². The second kappa shape index (κ2) is 8.02. The molecule has 1 aromatic rings. The van der Waals surface area contributed by atoms with E-state index in [0.717, 1.165) is 5.56 Å². The molecule has 6 N–H and O–H groups in total. The molecule has 1 heterocycles. The van der Waals surface area contributed by atoms with E-state index < -0.39 is 43.4 Å². The van der Waals surface area contributed by atoms with Gasteiger partial charge in [0.05, 0.1) is 19.3 Å². The largest absolute Gasteiger partial charge is 0.462 e. The molecule has 130 valence electrons. The van der Waals surface area contributed by atoms with Gasteiger partial charge in [0.15, 0.2) is 0 Å². The van der Waals surface area contributed by atoms with E-state index in [0.29, 0.717) is 5.75 Å². The molecule has 23 heavy (non-hydrogen) atoms. The number of benzene rings is 1. The lowest BCUT2D eigenvalue weighted by Gasteiger charge is -2.39. The first kappa shape index (κ1) is 18.1. The minimum Gasteiger partial charge on any atom is -0.462 e. The van der Waals surface area contributed by atoms with Crippen LogP contribution in [-0.4, -0.2) is 80.7 Å². The van der Waals surface area contributed by atoms with Crippen LogP contribution in [0.1, 0.15) is 5.56 Å². The van der Waals surface area contributed by atoms with Crippen molar-refractivity contribution < 1.29 is 40.1 Å². The summed E-state index contributed by atoms with van der Waals surface area (Å²) in [4.78, 5) is 0. The van der Waals surface area contributed by atoms with Gasteiger partial charge in [-0.25, -0.2) is 0 Å². The summed E-state index contributed by atoms with van der Waals surface area (Å²) in [6.07, 6.45) is -7.22. The van der Waals surface area contributed by atoms with Crippen LogP contribution in [0.3, 0.4) is 0 Å². The van der Waals surface area contributed by atoms with Gasteiger partial charge in [0.2, 0.25) is 6.29 Å². The highest BCUT2D eigenvalue weighted by atomic mass is 16.7. The quantitative estimate of drug-likeness (QED) is 0.344. The van der Waals surface area contributed by atoms with Gasteiger partial charge in [0, 0.05) is 6.42 Å². The molecule has 0 aromatic heterocycles. The summed E-state index contributed by atoms with van der Waals surface area (Å²) in [5.41, 5.74) is 0.785. The molecule has 8 heteroatoms. The predicted molar refractivity (Wildman–Crippen MR) is 77.6 cm³/mol. The summed E-state index contributed by atoms with van der Waals surface area (Å²) >= 11 is 0. The number of aliphatic hydroxyl groups is 6. The molecule has 1 unspecified atom stereocenters. The van der Waals surface area contributed by atoms with Crippen molar-refractivity contribution in [1.29, 1.82) is 0 Å². The van der Waals surface area contributed by atoms with Crippen LogP contribution in [-0.2, 0) is 11.2 Å².